The minimum absolute atomic E-state index is 0.0491. The van der Waals surface area contributed by atoms with Crippen molar-refractivity contribution in [3.63, 3.8) is 0 Å². The standard InChI is InChI=1S/C23H28N2O3/c1-2-3-4-6-17-9-13-19(14-10-17)24-22(26)16-28-21-8-5-7-20(15-21)25-23(27)18-11-12-18/h5,7-10,13-15,18H,2-4,6,11-12,16H2,1H3,(H,24,26)(H,25,27). The Balaban J connectivity index is 1.44. The highest BCUT2D eigenvalue weighted by molar-refractivity contribution is 5.94. The van der Waals surface area contributed by atoms with Crippen LogP contribution in [0.2, 0.25) is 0 Å². The van der Waals surface area contributed by atoms with Gasteiger partial charge < -0.3 is 15.4 Å². The van der Waals surface area contributed by atoms with E-state index in [9.17, 15) is 9.59 Å². The predicted octanol–water partition coefficient (Wildman–Crippen LogP) is 4.79. The number of anilines is 2. The van der Waals surface area contributed by atoms with E-state index in [-0.39, 0.29) is 24.3 Å². The van der Waals surface area contributed by atoms with Crippen LogP contribution < -0.4 is 15.4 Å². The molecular formula is C23H28N2O3. The van der Waals surface area contributed by atoms with Gasteiger partial charge in [-0.1, -0.05) is 38.0 Å². The minimum atomic E-state index is -0.217. The van der Waals surface area contributed by atoms with Gasteiger partial charge in [-0.3, -0.25) is 9.59 Å². The fourth-order valence-corrected chi connectivity index (χ4v) is 2.93. The van der Waals surface area contributed by atoms with Crippen molar-refractivity contribution in [1.82, 2.24) is 0 Å². The third-order valence-electron chi connectivity index (χ3n) is 4.73. The number of nitrogens with one attached hydrogen (secondary N) is 2. The maximum absolute atomic E-state index is 12.1. The van der Waals surface area contributed by atoms with Gasteiger partial charge >= 0.3 is 0 Å². The van der Waals surface area contributed by atoms with Crippen LogP contribution in [0.4, 0.5) is 11.4 Å². The highest BCUT2D eigenvalue weighted by atomic mass is 16.5. The normalized spacial score (nSPS) is 13.0. The van der Waals surface area contributed by atoms with E-state index in [2.05, 4.69) is 29.7 Å². The van der Waals surface area contributed by atoms with Gasteiger partial charge in [0.2, 0.25) is 5.91 Å². The van der Waals surface area contributed by atoms with E-state index in [1.165, 1.54) is 24.8 Å². The summed E-state index contributed by atoms with van der Waals surface area (Å²) in [6.07, 6.45) is 6.63. The van der Waals surface area contributed by atoms with E-state index >= 15 is 0 Å². The number of carbonyl (C=O) groups is 2. The van der Waals surface area contributed by atoms with Crippen molar-refractivity contribution < 1.29 is 14.3 Å². The van der Waals surface area contributed by atoms with Crippen molar-refractivity contribution in [1.29, 1.82) is 0 Å². The van der Waals surface area contributed by atoms with Crippen LogP contribution in [0.15, 0.2) is 48.5 Å². The Bertz CT molecular complexity index is 798. The molecule has 1 saturated carbocycles. The van der Waals surface area contributed by atoms with Gasteiger partial charge in [0, 0.05) is 23.4 Å². The maximum atomic E-state index is 12.1. The first kappa shape index (κ1) is 19.9. The molecule has 1 aliphatic rings. The molecule has 2 N–H and O–H groups in total. The molecule has 0 spiro atoms. The van der Waals surface area contributed by atoms with Crippen LogP contribution in [-0.4, -0.2) is 18.4 Å². The van der Waals surface area contributed by atoms with Gasteiger partial charge in [-0.2, -0.15) is 0 Å². The zero-order chi connectivity index (χ0) is 19.8. The highest BCUT2D eigenvalue weighted by Crippen LogP contribution is 2.30. The average Bonchev–Trinajstić information content (AvgIpc) is 3.54. The molecular weight excluding hydrogens is 352 g/mol. The van der Waals surface area contributed by atoms with E-state index in [0.717, 1.165) is 24.9 Å². The van der Waals surface area contributed by atoms with Crippen LogP contribution >= 0.6 is 0 Å². The molecule has 2 aromatic rings. The summed E-state index contributed by atoms with van der Waals surface area (Å²) in [5, 5.41) is 5.72. The van der Waals surface area contributed by atoms with Gasteiger partial charge in [0.15, 0.2) is 6.61 Å². The van der Waals surface area contributed by atoms with Crippen LogP contribution in [0, 0.1) is 5.92 Å². The van der Waals surface area contributed by atoms with Crippen molar-refractivity contribution >= 4 is 23.2 Å². The lowest BCUT2D eigenvalue weighted by atomic mass is 10.1. The molecule has 3 rings (SSSR count). The monoisotopic (exact) mass is 380 g/mol. The van der Waals surface area contributed by atoms with Crippen molar-refractivity contribution in [3.8, 4) is 5.75 Å². The molecule has 0 radical (unpaired) electrons. The lowest BCUT2D eigenvalue weighted by Crippen LogP contribution is -2.20. The Labute approximate surface area is 166 Å². The second-order valence-electron chi connectivity index (χ2n) is 7.28. The summed E-state index contributed by atoms with van der Waals surface area (Å²) in [7, 11) is 0. The number of rotatable bonds is 10. The molecule has 5 nitrogen and oxygen atoms in total. The zero-order valence-electron chi connectivity index (χ0n) is 16.4. The first-order valence-electron chi connectivity index (χ1n) is 10.1. The average molecular weight is 380 g/mol. The van der Waals surface area contributed by atoms with Crippen LogP contribution in [0.3, 0.4) is 0 Å². The summed E-state index contributed by atoms with van der Waals surface area (Å²) in [5.41, 5.74) is 2.74. The van der Waals surface area contributed by atoms with E-state index in [4.69, 9.17) is 4.74 Å². The van der Waals surface area contributed by atoms with Crippen molar-refractivity contribution in [2.45, 2.75) is 45.4 Å². The van der Waals surface area contributed by atoms with Gasteiger partial charge in [0.05, 0.1) is 0 Å². The molecule has 0 atom stereocenters. The van der Waals surface area contributed by atoms with Gasteiger partial charge in [-0.05, 0) is 55.5 Å². The summed E-state index contributed by atoms with van der Waals surface area (Å²) in [5.74, 6) is 0.530. The van der Waals surface area contributed by atoms with Crippen LogP contribution in [0.5, 0.6) is 5.75 Å². The lowest BCUT2D eigenvalue weighted by molar-refractivity contribution is -0.118. The number of unbranched alkanes of at least 4 members (excludes halogenated alkanes) is 2. The van der Waals surface area contributed by atoms with Crippen LogP contribution in [0.1, 0.15) is 44.6 Å². The maximum Gasteiger partial charge on any atom is 0.262 e. The highest BCUT2D eigenvalue weighted by Gasteiger charge is 2.29. The Hall–Kier alpha value is -2.82. The number of amides is 2. The van der Waals surface area contributed by atoms with E-state index in [0.29, 0.717) is 11.4 Å². The third kappa shape index (κ3) is 6.41. The molecule has 1 fully saturated rings. The molecule has 2 aromatic carbocycles. The number of hydrogen-bond acceptors (Lipinski definition) is 3. The first-order valence-corrected chi connectivity index (χ1v) is 10.1. The van der Waals surface area contributed by atoms with Gasteiger partial charge in [-0.15, -0.1) is 0 Å². The number of hydrogen-bond donors (Lipinski definition) is 2. The van der Waals surface area contributed by atoms with E-state index in [1.807, 2.05) is 18.2 Å². The van der Waals surface area contributed by atoms with Gasteiger partial charge in [0.1, 0.15) is 5.75 Å². The molecule has 2 amide bonds. The Kier molecular flexibility index (Phi) is 7.06. The molecule has 0 bridgehead atoms. The van der Waals surface area contributed by atoms with Gasteiger partial charge in [-0.25, -0.2) is 0 Å². The molecule has 0 heterocycles. The fourth-order valence-electron chi connectivity index (χ4n) is 2.93. The third-order valence-corrected chi connectivity index (χ3v) is 4.73. The lowest BCUT2D eigenvalue weighted by Gasteiger charge is -2.10. The van der Waals surface area contributed by atoms with Crippen molar-refractivity contribution in [3.05, 3.63) is 54.1 Å². The summed E-state index contributed by atoms with van der Waals surface area (Å²) < 4.78 is 5.56. The Morgan fingerprint density at radius 2 is 1.79 bits per heavy atom. The molecule has 28 heavy (non-hydrogen) atoms. The Morgan fingerprint density at radius 3 is 2.50 bits per heavy atom. The number of ether oxygens (including phenoxy) is 1. The molecule has 148 valence electrons. The Morgan fingerprint density at radius 1 is 1.00 bits per heavy atom. The first-order chi connectivity index (χ1) is 13.6. The largest absolute Gasteiger partial charge is 0.484 e. The summed E-state index contributed by atoms with van der Waals surface area (Å²) >= 11 is 0. The van der Waals surface area contributed by atoms with Gasteiger partial charge in [0.25, 0.3) is 5.91 Å². The predicted molar refractivity (Wildman–Crippen MR) is 112 cm³/mol. The summed E-state index contributed by atoms with van der Waals surface area (Å²) in [4.78, 5) is 24.0. The quantitative estimate of drug-likeness (QED) is 0.583. The fraction of sp³-hybridized carbons (Fsp3) is 0.391. The molecule has 0 aliphatic heterocycles. The summed E-state index contributed by atoms with van der Waals surface area (Å²) in [6.45, 7) is 2.11. The van der Waals surface area contributed by atoms with E-state index < -0.39 is 0 Å². The van der Waals surface area contributed by atoms with E-state index in [1.54, 1.807) is 18.2 Å². The van der Waals surface area contributed by atoms with Crippen molar-refractivity contribution in [2.24, 2.45) is 5.92 Å². The topological polar surface area (TPSA) is 67.4 Å². The van der Waals surface area contributed by atoms with Crippen LogP contribution in [-0.2, 0) is 16.0 Å². The second kappa shape index (κ2) is 9.93. The molecule has 0 aromatic heterocycles. The smallest absolute Gasteiger partial charge is 0.262 e. The molecule has 0 unspecified atom stereocenters. The molecule has 5 heteroatoms. The zero-order valence-corrected chi connectivity index (χ0v) is 16.4. The SMILES string of the molecule is CCCCCc1ccc(NC(=O)COc2cccc(NC(=O)C3CC3)c2)cc1. The molecule has 0 saturated heterocycles. The van der Waals surface area contributed by atoms with Crippen LogP contribution in [0.25, 0.3) is 0 Å². The minimum Gasteiger partial charge on any atom is -0.484 e. The summed E-state index contributed by atoms with van der Waals surface area (Å²) in [6, 6.07) is 15.1. The number of aryl methyl sites for hydroxylation is 1. The molecule has 1 aliphatic carbocycles. The number of carbonyl (C=O) groups excluding carboxylic acids is 2. The second-order valence-corrected chi connectivity index (χ2v) is 7.28. The van der Waals surface area contributed by atoms with Crippen molar-refractivity contribution in [2.75, 3.05) is 17.2 Å². The number of benzene rings is 2.